The van der Waals surface area contributed by atoms with E-state index in [-0.39, 0.29) is 11.4 Å². The minimum Gasteiger partial charge on any atom is -0.376 e. The highest BCUT2D eigenvalue weighted by atomic mass is 32.2. The number of hydrogen-bond donors (Lipinski definition) is 1. The third-order valence-electron chi connectivity index (χ3n) is 3.32. The average molecular weight is 545 g/mol. The smallest absolute Gasteiger partial charge is 0.376 e. The molecule has 1 N–H and O–H groups in total. The summed E-state index contributed by atoms with van der Waals surface area (Å²) in [4.78, 5) is 0. The van der Waals surface area contributed by atoms with Gasteiger partial charge in [-0.25, -0.2) is 0 Å². The van der Waals surface area contributed by atoms with Crippen molar-refractivity contribution in [1.82, 2.24) is 0 Å². The Morgan fingerprint density at radius 2 is 1.23 bits per heavy atom. The van der Waals surface area contributed by atoms with E-state index in [2.05, 4.69) is 29.1 Å². The van der Waals surface area contributed by atoms with Gasteiger partial charge in [-0.3, -0.25) is 5.43 Å². The van der Waals surface area contributed by atoms with Gasteiger partial charge in [0.2, 0.25) is 0 Å². The predicted octanol–water partition coefficient (Wildman–Crippen LogP) is 4.18. The number of rotatable bonds is 7. The lowest BCUT2D eigenvalue weighted by molar-refractivity contribution is -0.0504. The van der Waals surface area contributed by atoms with E-state index < -0.39 is 48.6 Å². The molecule has 0 fully saturated rings. The van der Waals surface area contributed by atoms with Crippen molar-refractivity contribution < 1.29 is 51.5 Å². The van der Waals surface area contributed by atoms with Crippen LogP contribution in [0.4, 0.5) is 37.7 Å². The van der Waals surface area contributed by atoms with Crippen LogP contribution in [0, 0.1) is 11.3 Å². The highest BCUT2D eigenvalue weighted by Crippen LogP contribution is 2.29. The molecule has 2 rings (SSSR count). The summed E-state index contributed by atoms with van der Waals surface area (Å²) in [7, 11) is -11.7. The number of halogens is 6. The van der Waals surface area contributed by atoms with Crippen molar-refractivity contribution in [1.29, 1.82) is 5.26 Å². The van der Waals surface area contributed by atoms with Crippen LogP contribution in [-0.2, 0) is 20.2 Å². The molecule has 19 heteroatoms. The summed E-state index contributed by atoms with van der Waals surface area (Å²) in [5.41, 5.74) is -8.89. The topological polar surface area (TPSA) is 160 Å². The summed E-state index contributed by atoms with van der Waals surface area (Å²) in [6.07, 6.45) is 0. The lowest BCUT2D eigenvalue weighted by Gasteiger charge is -2.09. The molecule has 0 amide bonds. The molecule has 188 valence electrons. The highest BCUT2D eigenvalue weighted by Gasteiger charge is 2.49. The molecular weight excluding hydrogens is 536 g/mol. The first-order valence-electron chi connectivity index (χ1n) is 8.41. The normalized spacial score (nSPS) is 13.3. The number of benzene rings is 2. The molecule has 2 aromatic rings. The number of nitrogens with one attached hydrogen (secondary N) is 1. The third-order valence-corrected chi connectivity index (χ3v) is 5.28. The standard InChI is InChI=1S/C16H9F6N5O6S2/c17-15(18,19)34(28,29)32-12-5-1-10(2-6-12)24-26-14(9-23)27-25-11-3-7-13(8-4-11)33-35(30,31)16(20,21)22/h1-8,24H/b26-14+,27-25+. The van der Waals surface area contributed by atoms with Crippen molar-refractivity contribution in [2.45, 2.75) is 11.0 Å². The number of hydrogen-bond acceptors (Lipinski definition) is 10. The molecule has 0 saturated heterocycles. The van der Waals surface area contributed by atoms with Crippen LogP contribution in [0.1, 0.15) is 0 Å². The van der Waals surface area contributed by atoms with Crippen LogP contribution in [-0.4, -0.2) is 33.7 Å². The largest absolute Gasteiger partial charge is 0.534 e. The zero-order valence-electron chi connectivity index (χ0n) is 16.4. The summed E-state index contributed by atoms with van der Waals surface area (Å²) >= 11 is 0. The maximum absolute atomic E-state index is 12.3. The number of nitrogens with zero attached hydrogens (tertiary/aromatic N) is 4. The van der Waals surface area contributed by atoms with Gasteiger partial charge >= 0.3 is 31.3 Å². The molecule has 0 atom stereocenters. The molecule has 0 aliphatic heterocycles. The predicted molar refractivity (Wildman–Crippen MR) is 105 cm³/mol. The fourth-order valence-corrected chi connectivity index (χ4v) is 2.71. The fourth-order valence-electron chi connectivity index (χ4n) is 1.79. The van der Waals surface area contributed by atoms with Crippen molar-refractivity contribution in [3.63, 3.8) is 0 Å². The minimum atomic E-state index is -5.86. The molecule has 0 aliphatic rings. The summed E-state index contributed by atoms with van der Waals surface area (Å²) in [6, 6.07) is 9.18. The summed E-state index contributed by atoms with van der Waals surface area (Å²) in [5.74, 6) is -1.88. The number of nitriles is 1. The molecular formula is C16H9F6N5O6S2. The second-order valence-corrected chi connectivity index (χ2v) is 8.92. The Hall–Kier alpha value is -3.92. The van der Waals surface area contributed by atoms with E-state index in [4.69, 9.17) is 5.26 Å². The molecule has 0 aromatic heterocycles. The van der Waals surface area contributed by atoms with Crippen molar-refractivity contribution in [2.75, 3.05) is 5.43 Å². The van der Waals surface area contributed by atoms with E-state index in [0.29, 0.717) is 0 Å². The first-order valence-corrected chi connectivity index (χ1v) is 11.2. The quantitative estimate of drug-likeness (QED) is 0.103. The van der Waals surface area contributed by atoms with Crippen LogP contribution in [0.15, 0.2) is 63.9 Å². The monoisotopic (exact) mass is 545 g/mol. The molecule has 35 heavy (non-hydrogen) atoms. The van der Waals surface area contributed by atoms with Crippen LogP contribution in [0.25, 0.3) is 0 Å². The number of anilines is 1. The lowest BCUT2D eigenvalue weighted by Crippen LogP contribution is -2.28. The van der Waals surface area contributed by atoms with Crippen LogP contribution >= 0.6 is 0 Å². The van der Waals surface area contributed by atoms with Gasteiger partial charge in [0, 0.05) is 0 Å². The number of hydrazone groups is 1. The van der Waals surface area contributed by atoms with E-state index in [0.717, 1.165) is 48.5 Å². The summed E-state index contributed by atoms with van der Waals surface area (Å²) in [5, 5.41) is 19.6. The van der Waals surface area contributed by atoms with E-state index in [1.165, 1.54) is 6.07 Å². The SMILES string of the molecule is N#CC(/N=N/c1ccc(OS(=O)(=O)C(F)(F)F)cc1)=N\Nc1ccc(OS(=O)(=O)C(F)(F)F)cc1. The number of azo groups is 1. The number of alkyl halides is 6. The molecule has 0 unspecified atom stereocenters. The summed E-state index contributed by atoms with van der Waals surface area (Å²) in [6.45, 7) is 0. The maximum atomic E-state index is 12.3. The molecule has 0 spiro atoms. The van der Waals surface area contributed by atoms with Gasteiger partial charge in [-0.05, 0) is 48.5 Å². The highest BCUT2D eigenvalue weighted by molar-refractivity contribution is 7.88. The fraction of sp³-hybridized carbons (Fsp3) is 0.125. The van der Waals surface area contributed by atoms with Gasteiger partial charge in [-0.2, -0.15) is 48.4 Å². The molecule has 0 heterocycles. The van der Waals surface area contributed by atoms with Gasteiger partial charge in [-0.1, -0.05) is 0 Å². The minimum absolute atomic E-state index is 0.0305. The lowest BCUT2D eigenvalue weighted by atomic mass is 10.3. The third kappa shape index (κ3) is 7.54. The second-order valence-electron chi connectivity index (χ2n) is 5.84. The van der Waals surface area contributed by atoms with Crippen LogP contribution < -0.4 is 13.8 Å². The van der Waals surface area contributed by atoms with Crippen molar-refractivity contribution in [3.05, 3.63) is 48.5 Å². The van der Waals surface area contributed by atoms with Gasteiger partial charge in [0.1, 0.15) is 17.6 Å². The first-order chi connectivity index (χ1) is 16.0. The van der Waals surface area contributed by atoms with Gasteiger partial charge < -0.3 is 8.37 Å². The van der Waals surface area contributed by atoms with E-state index >= 15 is 0 Å². The van der Waals surface area contributed by atoms with Crippen LogP contribution in [0.5, 0.6) is 11.5 Å². The molecule has 0 saturated carbocycles. The van der Waals surface area contributed by atoms with Crippen LogP contribution in [0.3, 0.4) is 0 Å². The van der Waals surface area contributed by atoms with E-state index in [1.54, 1.807) is 0 Å². The number of amidine groups is 1. The Morgan fingerprint density at radius 3 is 1.63 bits per heavy atom. The Balaban J connectivity index is 2.04. The molecule has 0 aliphatic carbocycles. The van der Waals surface area contributed by atoms with Gasteiger partial charge in [-0.15, -0.1) is 15.3 Å². The maximum Gasteiger partial charge on any atom is 0.534 e. The summed E-state index contributed by atoms with van der Waals surface area (Å²) < 4.78 is 125. The van der Waals surface area contributed by atoms with E-state index in [1.807, 2.05) is 0 Å². The Kier molecular flexibility index (Phi) is 7.92. The molecule has 11 nitrogen and oxygen atoms in total. The first kappa shape index (κ1) is 27.3. The van der Waals surface area contributed by atoms with Crippen molar-refractivity contribution >= 4 is 37.4 Å². The molecule has 2 aromatic carbocycles. The van der Waals surface area contributed by atoms with Crippen molar-refractivity contribution in [2.24, 2.45) is 15.3 Å². The molecule has 0 bridgehead atoms. The Bertz CT molecular complexity index is 1360. The zero-order valence-corrected chi connectivity index (χ0v) is 18.1. The second kappa shape index (κ2) is 10.1. The van der Waals surface area contributed by atoms with E-state index in [9.17, 15) is 43.2 Å². The van der Waals surface area contributed by atoms with Gasteiger partial charge in [0.15, 0.2) is 0 Å². The Labute approximate surface area is 192 Å². The van der Waals surface area contributed by atoms with Crippen molar-refractivity contribution in [3.8, 4) is 17.6 Å². The van der Waals surface area contributed by atoms with Crippen LogP contribution in [0.2, 0.25) is 0 Å². The average Bonchev–Trinajstić information content (AvgIpc) is 2.74. The molecule has 0 radical (unpaired) electrons. The Morgan fingerprint density at radius 1 is 0.800 bits per heavy atom. The van der Waals surface area contributed by atoms with Gasteiger partial charge in [0.25, 0.3) is 5.84 Å². The van der Waals surface area contributed by atoms with Gasteiger partial charge in [0.05, 0.1) is 11.4 Å². The zero-order chi connectivity index (χ0) is 26.5.